The van der Waals surface area contributed by atoms with E-state index < -0.39 is 17.7 Å². The minimum atomic E-state index is -0.662. The molecule has 158 valence electrons. The Hall–Kier alpha value is -3.12. The number of rotatable bonds is 6. The van der Waals surface area contributed by atoms with E-state index in [1.165, 1.54) is 0 Å². The number of carbonyl (C=O) groups is 2. The van der Waals surface area contributed by atoms with Gasteiger partial charge in [0, 0.05) is 18.7 Å². The molecule has 0 radical (unpaired) electrons. The van der Waals surface area contributed by atoms with Gasteiger partial charge >= 0.3 is 0 Å². The summed E-state index contributed by atoms with van der Waals surface area (Å²) in [5, 5.41) is 11.1. The van der Waals surface area contributed by atoms with Gasteiger partial charge in [-0.25, -0.2) is 0 Å². The van der Waals surface area contributed by atoms with Gasteiger partial charge in [-0.15, -0.1) is 0 Å². The molecule has 0 aliphatic carbocycles. The van der Waals surface area contributed by atoms with Gasteiger partial charge < -0.3 is 19.6 Å². The molecule has 1 aliphatic heterocycles. The number of hydrogen-bond donors (Lipinski definition) is 1. The molecule has 1 unspecified atom stereocenters. The summed E-state index contributed by atoms with van der Waals surface area (Å²) >= 11 is 0. The number of benzene rings is 2. The molecule has 6 nitrogen and oxygen atoms in total. The van der Waals surface area contributed by atoms with Crippen LogP contribution in [0.5, 0.6) is 5.75 Å². The maximum atomic E-state index is 13.0. The normalized spacial score (nSPS) is 18.3. The van der Waals surface area contributed by atoms with Gasteiger partial charge in [0.1, 0.15) is 11.5 Å². The van der Waals surface area contributed by atoms with Crippen molar-refractivity contribution in [3.05, 3.63) is 70.3 Å². The molecule has 3 rings (SSSR count). The molecule has 1 amide bonds. The number of likely N-dealkylation sites (tertiary alicyclic amines) is 1. The average molecular weight is 408 g/mol. The van der Waals surface area contributed by atoms with E-state index in [1.54, 1.807) is 30.2 Å². The second kappa shape index (κ2) is 8.71. The van der Waals surface area contributed by atoms with Gasteiger partial charge in [0.05, 0.1) is 18.7 Å². The molecule has 6 heteroatoms. The quantitative estimate of drug-likeness (QED) is 0.451. The lowest BCUT2D eigenvalue weighted by atomic mass is 9.94. The number of nitrogens with zero attached hydrogens (tertiary/aromatic N) is 2. The summed E-state index contributed by atoms with van der Waals surface area (Å²) < 4.78 is 5.28. The number of ketones is 1. The van der Waals surface area contributed by atoms with Gasteiger partial charge in [0.25, 0.3) is 11.7 Å². The Morgan fingerprint density at radius 2 is 1.77 bits per heavy atom. The molecule has 1 saturated heterocycles. The Labute approximate surface area is 177 Å². The van der Waals surface area contributed by atoms with Gasteiger partial charge in [-0.05, 0) is 57.3 Å². The van der Waals surface area contributed by atoms with Gasteiger partial charge in [0.15, 0.2) is 0 Å². The van der Waals surface area contributed by atoms with Gasteiger partial charge in [-0.3, -0.25) is 9.59 Å². The largest absolute Gasteiger partial charge is 0.507 e. The fourth-order valence-corrected chi connectivity index (χ4v) is 3.69. The molecule has 1 aliphatic rings. The topological polar surface area (TPSA) is 70.1 Å². The van der Waals surface area contributed by atoms with E-state index in [9.17, 15) is 14.7 Å². The number of ether oxygens (including phenoxy) is 1. The van der Waals surface area contributed by atoms with E-state index in [2.05, 4.69) is 0 Å². The number of hydrogen-bond acceptors (Lipinski definition) is 5. The smallest absolute Gasteiger partial charge is 0.295 e. The van der Waals surface area contributed by atoms with Crippen molar-refractivity contribution in [3.8, 4) is 5.75 Å². The lowest BCUT2D eigenvalue weighted by Crippen LogP contribution is -2.35. The number of aryl methyl sites for hydroxylation is 2. The molecule has 2 aromatic rings. The highest BCUT2D eigenvalue weighted by Crippen LogP contribution is 2.39. The van der Waals surface area contributed by atoms with Crippen LogP contribution in [0.25, 0.3) is 5.76 Å². The number of likely N-dealkylation sites (N-methyl/N-ethyl adjacent to an activating group) is 1. The number of Topliss-reactive ketones (excluding diaryl/α,β-unsaturated/α-hetero) is 1. The van der Waals surface area contributed by atoms with E-state index in [-0.39, 0.29) is 11.3 Å². The van der Waals surface area contributed by atoms with Crippen LogP contribution in [0.15, 0.2) is 48.0 Å². The maximum absolute atomic E-state index is 13.0. The van der Waals surface area contributed by atoms with Gasteiger partial charge in [-0.2, -0.15) is 0 Å². The molecule has 1 N–H and O–H groups in total. The van der Waals surface area contributed by atoms with E-state index >= 15 is 0 Å². The van der Waals surface area contributed by atoms with Gasteiger partial charge in [0.2, 0.25) is 0 Å². The lowest BCUT2D eigenvalue weighted by Gasteiger charge is -2.26. The predicted octanol–water partition coefficient (Wildman–Crippen LogP) is 3.30. The number of aliphatic hydroxyl groups is 1. The highest BCUT2D eigenvalue weighted by molar-refractivity contribution is 6.46. The highest BCUT2D eigenvalue weighted by atomic mass is 16.5. The van der Waals surface area contributed by atoms with Crippen LogP contribution >= 0.6 is 0 Å². The van der Waals surface area contributed by atoms with Crippen LogP contribution < -0.4 is 4.74 Å². The maximum Gasteiger partial charge on any atom is 0.295 e. The summed E-state index contributed by atoms with van der Waals surface area (Å²) in [6, 6.07) is 12.3. The van der Waals surface area contributed by atoms with Crippen molar-refractivity contribution in [2.24, 2.45) is 0 Å². The Balaban J connectivity index is 2.14. The number of aliphatic hydroxyl groups excluding tert-OH is 1. The molecule has 0 aromatic heterocycles. The zero-order valence-electron chi connectivity index (χ0n) is 18.1. The fraction of sp³-hybridized carbons (Fsp3) is 0.333. The zero-order valence-corrected chi connectivity index (χ0v) is 18.1. The molecule has 30 heavy (non-hydrogen) atoms. The van der Waals surface area contributed by atoms with Crippen molar-refractivity contribution >= 4 is 17.4 Å². The monoisotopic (exact) mass is 408 g/mol. The van der Waals surface area contributed by atoms with Crippen LogP contribution in [0, 0.1) is 13.8 Å². The summed E-state index contributed by atoms with van der Waals surface area (Å²) in [6.45, 7) is 4.83. The van der Waals surface area contributed by atoms with Crippen LogP contribution in [-0.2, 0) is 9.59 Å². The van der Waals surface area contributed by atoms with E-state index in [0.717, 1.165) is 16.7 Å². The van der Waals surface area contributed by atoms with E-state index in [0.29, 0.717) is 24.4 Å². The molecule has 0 bridgehead atoms. The number of carbonyl (C=O) groups excluding carboxylic acids is 2. The third-order valence-electron chi connectivity index (χ3n) is 5.39. The minimum absolute atomic E-state index is 0.118. The third kappa shape index (κ3) is 4.09. The number of amides is 1. The van der Waals surface area contributed by atoms with Crippen LogP contribution in [-0.4, -0.2) is 60.9 Å². The van der Waals surface area contributed by atoms with Crippen molar-refractivity contribution in [2.75, 3.05) is 34.3 Å². The second-order valence-corrected chi connectivity index (χ2v) is 7.89. The SMILES string of the molecule is COc1ccc(/C(O)=C2/C(=O)C(=O)N(CCN(C)C)C2c2ccc(C)cc2)cc1C. The molecule has 2 aromatic carbocycles. The van der Waals surface area contributed by atoms with E-state index in [4.69, 9.17) is 4.74 Å². The molecule has 0 spiro atoms. The highest BCUT2D eigenvalue weighted by Gasteiger charge is 2.45. The van der Waals surface area contributed by atoms with Crippen molar-refractivity contribution in [1.29, 1.82) is 0 Å². The number of methoxy groups -OCH3 is 1. The Kier molecular flexibility index (Phi) is 6.27. The Morgan fingerprint density at radius 1 is 1.10 bits per heavy atom. The van der Waals surface area contributed by atoms with Gasteiger partial charge in [-0.1, -0.05) is 29.8 Å². The van der Waals surface area contributed by atoms with Crippen LogP contribution in [0.3, 0.4) is 0 Å². The molecule has 0 saturated carbocycles. The summed E-state index contributed by atoms with van der Waals surface area (Å²) in [6.07, 6.45) is 0. The predicted molar refractivity (Wildman–Crippen MR) is 116 cm³/mol. The fourth-order valence-electron chi connectivity index (χ4n) is 3.69. The van der Waals surface area contributed by atoms with Crippen molar-refractivity contribution < 1.29 is 19.4 Å². The summed E-state index contributed by atoms with van der Waals surface area (Å²) in [4.78, 5) is 29.4. The van der Waals surface area contributed by atoms with Crippen molar-refractivity contribution in [2.45, 2.75) is 19.9 Å². The Morgan fingerprint density at radius 3 is 2.33 bits per heavy atom. The van der Waals surface area contributed by atoms with Crippen molar-refractivity contribution in [3.63, 3.8) is 0 Å². The average Bonchev–Trinajstić information content (AvgIpc) is 2.96. The van der Waals surface area contributed by atoms with E-state index in [1.807, 2.05) is 57.1 Å². The standard InChI is InChI=1S/C24H28N2O4/c1-15-6-8-17(9-7-15)21-20(23(28)24(29)26(21)13-12-25(3)4)22(27)18-10-11-19(30-5)16(2)14-18/h6-11,14,21,27H,12-13H2,1-5H3/b22-20-. The molecule has 1 atom stereocenters. The summed E-state index contributed by atoms with van der Waals surface area (Å²) in [5.41, 5.74) is 3.30. The van der Waals surface area contributed by atoms with Crippen LogP contribution in [0.1, 0.15) is 28.3 Å². The first-order chi connectivity index (χ1) is 14.2. The second-order valence-electron chi connectivity index (χ2n) is 7.89. The lowest BCUT2D eigenvalue weighted by molar-refractivity contribution is -0.140. The van der Waals surface area contributed by atoms with Crippen LogP contribution in [0.4, 0.5) is 0 Å². The summed E-state index contributed by atoms with van der Waals surface area (Å²) in [5.74, 6) is -0.732. The van der Waals surface area contributed by atoms with Crippen LogP contribution in [0.2, 0.25) is 0 Å². The molecular weight excluding hydrogens is 380 g/mol. The Bertz CT molecular complexity index is 993. The molecule has 1 fully saturated rings. The first kappa shape index (κ1) is 21.6. The minimum Gasteiger partial charge on any atom is -0.507 e. The first-order valence-electron chi connectivity index (χ1n) is 9.89. The first-order valence-corrected chi connectivity index (χ1v) is 9.89. The molecular formula is C24H28N2O4. The third-order valence-corrected chi connectivity index (χ3v) is 5.39. The zero-order chi connectivity index (χ0) is 22.0. The summed E-state index contributed by atoms with van der Waals surface area (Å²) in [7, 11) is 5.41. The van der Waals surface area contributed by atoms with Crippen molar-refractivity contribution in [1.82, 2.24) is 9.80 Å². The molecule has 1 heterocycles.